The molecule has 5 rings (SSSR count). The highest BCUT2D eigenvalue weighted by Gasteiger charge is 2.09. The molecule has 0 aliphatic rings. The molecule has 0 aliphatic heterocycles. The fourth-order valence-electron chi connectivity index (χ4n) is 3.16. The number of carbonyl (C=O) groups is 1. The number of carbonyl (C=O) groups excluding carboxylic acids is 1. The molecule has 0 saturated heterocycles. The van der Waals surface area contributed by atoms with Crippen molar-refractivity contribution in [3.05, 3.63) is 102 Å². The fourth-order valence-corrected chi connectivity index (χ4v) is 3.90. The van der Waals surface area contributed by atoms with Gasteiger partial charge in [0, 0.05) is 40.8 Å². The molecule has 0 unspecified atom stereocenters. The van der Waals surface area contributed by atoms with Gasteiger partial charge in [-0.25, -0.2) is 9.67 Å². The van der Waals surface area contributed by atoms with Crippen LogP contribution in [0.25, 0.3) is 16.9 Å². The van der Waals surface area contributed by atoms with Crippen molar-refractivity contribution < 1.29 is 4.79 Å². The lowest BCUT2D eigenvalue weighted by Gasteiger charge is -2.08. The Morgan fingerprint density at radius 3 is 2.62 bits per heavy atom. The largest absolute Gasteiger partial charge is 0.330 e. The van der Waals surface area contributed by atoms with Gasteiger partial charge in [0.05, 0.1) is 23.3 Å². The Morgan fingerprint density at radius 2 is 1.84 bits per heavy atom. The fraction of sp³-hybridized carbons (Fsp3) is 0. The summed E-state index contributed by atoms with van der Waals surface area (Å²) in [6.45, 7) is 0. The topological polar surface area (TPSA) is 84.7 Å². The number of hydrogen-bond donors (Lipinski definition) is 2. The van der Waals surface area contributed by atoms with Gasteiger partial charge in [0.25, 0.3) is 5.91 Å². The van der Waals surface area contributed by atoms with Crippen molar-refractivity contribution in [2.24, 2.45) is 0 Å². The lowest BCUT2D eigenvalue weighted by atomic mass is 10.1. The molecule has 0 atom stereocenters. The normalized spacial score (nSPS) is 10.6. The summed E-state index contributed by atoms with van der Waals surface area (Å²) in [5.41, 5.74) is 4.84. The summed E-state index contributed by atoms with van der Waals surface area (Å²) < 4.78 is 1.72. The van der Waals surface area contributed by atoms with Gasteiger partial charge in [0.15, 0.2) is 5.13 Å². The molecule has 8 heteroatoms. The number of rotatable bonds is 6. The molecule has 3 aromatic heterocycles. The zero-order valence-corrected chi connectivity index (χ0v) is 17.7. The summed E-state index contributed by atoms with van der Waals surface area (Å²) in [7, 11) is 0. The molecule has 1 amide bonds. The summed E-state index contributed by atoms with van der Waals surface area (Å²) >= 11 is 1.52. The van der Waals surface area contributed by atoms with E-state index < -0.39 is 0 Å². The molecule has 0 radical (unpaired) electrons. The maximum Gasteiger partial charge on any atom is 0.255 e. The van der Waals surface area contributed by atoms with E-state index in [-0.39, 0.29) is 5.91 Å². The molecular weight excluding hydrogens is 420 g/mol. The average Bonchev–Trinajstić information content (AvgIpc) is 3.53. The Labute approximate surface area is 188 Å². The molecule has 156 valence electrons. The number of pyridine rings is 1. The van der Waals surface area contributed by atoms with E-state index in [0.717, 1.165) is 27.8 Å². The van der Waals surface area contributed by atoms with E-state index in [9.17, 15) is 4.79 Å². The monoisotopic (exact) mass is 438 g/mol. The van der Waals surface area contributed by atoms with Crippen LogP contribution in [0.5, 0.6) is 0 Å². The van der Waals surface area contributed by atoms with Gasteiger partial charge in [-0.1, -0.05) is 18.2 Å². The molecule has 5 aromatic rings. The maximum atomic E-state index is 12.7. The van der Waals surface area contributed by atoms with Gasteiger partial charge in [0.1, 0.15) is 0 Å². The smallest absolute Gasteiger partial charge is 0.255 e. The van der Waals surface area contributed by atoms with Crippen molar-refractivity contribution in [1.29, 1.82) is 0 Å². The van der Waals surface area contributed by atoms with Gasteiger partial charge in [-0.05, 0) is 48.5 Å². The quantitative estimate of drug-likeness (QED) is 0.371. The van der Waals surface area contributed by atoms with Gasteiger partial charge >= 0.3 is 0 Å². The molecule has 3 heterocycles. The number of hydrogen-bond acceptors (Lipinski definition) is 6. The van der Waals surface area contributed by atoms with E-state index in [1.165, 1.54) is 11.3 Å². The van der Waals surface area contributed by atoms with Gasteiger partial charge in [0.2, 0.25) is 0 Å². The number of nitrogens with zero attached hydrogens (tertiary/aromatic N) is 4. The van der Waals surface area contributed by atoms with Gasteiger partial charge in [-0.15, -0.1) is 11.3 Å². The van der Waals surface area contributed by atoms with Crippen LogP contribution in [0, 0.1) is 0 Å². The van der Waals surface area contributed by atoms with Crippen LogP contribution < -0.4 is 10.6 Å². The standard InChI is InChI=1S/C24H18N6OS/c31-23(18-4-1-6-21(14-18)30-13-3-12-26-30)27-19-9-7-17(8-10-19)22-16-32-24(29-22)28-20-5-2-11-25-15-20/h1-16H,(H,27,31)(H,28,29). The van der Waals surface area contributed by atoms with Crippen LogP contribution in [0.4, 0.5) is 16.5 Å². The SMILES string of the molecule is O=C(Nc1ccc(-c2csc(Nc3cccnc3)n2)cc1)c1cccc(-n2cccn2)c1. The summed E-state index contributed by atoms with van der Waals surface area (Å²) in [4.78, 5) is 21.4. The van der Waals surface area contributed by atoms with E-state index in [4.69, 9.17) is 0 Å². The number of aromatic nitrogens is 4. The van der Waals surface area contributed by atoms with Gasteiger partial charge in [-0.2, -0.15) is 5.10 Å². The van der Waals surface area contributed by atoms with E-state index >= 15 is 0 Å². The molecule has 0 bridgehead atoms. The highest BCUT2D eigenvalue weighted by Crippen LogP contribution is 2.28. The van der Waals surface area contributed by atoms with Crippen molar-refractivity contribution in [3.8, 4) is 16.9 Å². The third kappa shape index (κ3) is 4.40. The van der Waals surface area contributed by atoms with E-state index in [2.05, 4.69) is 25.7 Å². The Morgan fingerprint density at radius 1 is 0.938 bits per heavy atom. The number of benzene rings is 2. The second-order valence-corrected chi connectivity index (χ2v) is 7.80. The van der Waals surface area contributed by atoms with Crippen LogP contribution in [0.3, 0.4) is 0 Å². The minimum Gasteiger partial charge on any atom is -0.330 e. The molecule has 32 heavy (non-hydrogen) atoms. The minimum absolute atomic E-state index is 0.177. The minimum atomic E-state index is -0.177. The molecule has 7 nitrogen and oxygen atoms in total. The second kappa shape index (κ2) is 8.83. The third-order valence-electron chi connectivity index (χ3n) is 4.73. The number of nitrogens with one attached hydrogen (secondary N) is 2. The molecule has 0 saturated carbocycles. The first-order valence-electron chi connectivity index (χ1n) is 9.89. The van der Waals surface area contributed by atoms with Crippen LogP contribution in [0.1, 0.15) is 10.4 Å². The zero-order chi connectivity index (χ0) is 21.8. The second-order valence-electron chi connectivity index (χ2n) is 6.94. The lowest BCUT2D eigenvalue weighted by molar-refractivity contribution is 0.102. The Kier molecular flexibility index (Phi) is 5.42. The molecular formula is C24H18N6OS. The lowest BCUT2D eigenvalue weighted by Crippen LogP contribution is -2.12. The average molecular weight is 439 g/mol. The first kappa shape index (κ1) is 19.7. The molecule has 0 spiro atoms. The predicted octanol–water partition coefficient (Wildman–Crippen LogP) is 5.39. The van der Waals surface area contributed by atoms with Crippen LogP contribution in [-0.4, -0.2) is 25.7 Å². The van der Waals surface area contributed by atoms with Crippen molar-refractivity contribution in [3.63, 3.8) is 0 Å². The molecule has 2 aromatic carbocycles. The number of amides is 1. The Bertz CT molecular complexity index is 1330. The van der Waals surface area contributed by atoms with Gasteiger partial charge < -0.3 is 10.6 Å². The van der Waals surface area contributed by atoms with Crippen molar-refractivity contribution in [2.75, 3.05) is 10.6 Å². The van der Waals surface area contributed by atoms with E-state index in [1.54, 1.807) is 29.3 Å². The van der Waals surface area contributed by atoms with E-state index in [1.807, 2.05) is 72.2 Å². The highest BCUT2D eigenvalue weighted by atomic mass is 32.1. The van der Waals surface area contributed by atoms with E-state index in [0.29, 0.717) is 11.3 Å². The Hall–Kier alpha value is -4.30. The first-order valence-corrected chi connectivity index (χ1v) is 10.8. The summed E-state index contributed by atoms with van der Waals surface area (Å²) in [5, 5.41) is 13.2. The van der Waals surface area contributed by atoms with Crippen LogP contribution in [0.2, 0.25) is 0 Å². The molecule has 0 aliphatic carbocycles. The third-order valence-corrected chi connectivity index (χ3v) is 5.49. The zero-order valence-electron chi connectivity index (χ0n) is 16.8. The highest BCUT2D eigenvalue weighted by molar-refractivity contribution is 7.14. The van der Waals surface area contributed by atoms with Gasteiger partial charge in [-0.3, -0.25) is 9.78 Å². The van der Waals surface area contributed by atoms with Crippen molar-refractivity contribution in [1.82, 2.24) is 19.7 Å². The predicted molar refractivity (Wildman–Crippen MR) is 127 cm³/mol. The first-order chi connectivity index (χ1) is 15.7. The summed E-state index contributed by atoms with van der Waals surface area (Å²) in [6, 6.07) is 20.6. The number of thiazole rings is 1. The van der Waals surface area contributed by atoms with Crippen molar-refractivity contribution in [2.45, 2.75) is 0 Å². The summed E-state index contributed by atoms with van der Waals surface area (Å²) in [5.74, 6) is -0.177. The summed E-state index contributed by atoms with van der Waals surface area (Å²) in [6.07, 6.45) is 7.03. The van der Waals surface area contributed by atoms with Crippen LogP contribution >= 0.6 is 11.3 Å². The molecule has 0 fully saturated rings. The number of anilines is 3. The Balaban J connectivity index is 1.26. The molecule has 2 N–H and O–H groups in total. The van der Waals surface area contributed by atoms with Crippen LogP contribution in [-0.2, 0) is 0 Å². The van der Waals surface area contributed by atoms with Crippen molar-refractivity contribution >= 4 is 33.8 Å². The maximum absolute atomic E-state index is 12.7. The van der Waals surface area contributed by atoms with Crippen LogP contribution in [0.15, 0.2) is 96.9 Å².